The zero-order valence-corrected chi connectivity index (χ0v) is 34.1. The molecule has 0 unspecified atom stereocenters. The van der Waals surface area contributed by atoms with Gasteiger partial charge in [0.15, 0.2) is 0 Å². The van der Waals surface area contributed by atoms with E-state index in [1.54, 1.807) is 0 Å². The average Bonchev–Trinajstić information content (AvgIpc) is 3.88. The highest BCUT2D eigenvalue weighted by atomic mass is 32.1. The molecule has 0 aliphatic heterocycles. The summed E-state index contributed by atoms with van der Waals surface area (Å²) in [6.07, 6.45) is 0. The molecule has 0 saturated heterocycles. The van der Waals surface area contributed by atoms with Gasteiger partial charge >= 0.3 is 0 Å². The average molecular weight is 795 g/mol. The number of rotatable bonds is 7. The second kappa shape index (κ2) is 14.5. The first kappa shape index (κ1) is 35.2. The van der Waals surface area contributed by atoms with Crippen molar-refractivity contribution in [3.8, 4) is 39.1 Å². The summed E-state index contributed by atoms with van der Waals surface area (Å²) >= 11 is 1.86. The molecule has 0 fully saturated rings. The highest BCUT2D eigenvalue weighted by Gasteiger charge is 2.17. The van der Waals surface area contributed by atoms with Gasteiger partial charge in [-0.1, -0.05) is 164 Å². The number of nitrogens with zero attached hydrogens (tertiary/aromatic N) is 2. The van der Waals surface area contributed by atoms with E-state index in [1.807, 2.05) is 11.3 Å². The Hall–Kier alpha value is -7.72. The zero-order chi connectivity index (χ0) is 40.3. The topological polar surface area (TPSA) is 8.17 Å². The highest BCUT2D eigenvalue weighted by molar-refractivity contribution is 7.25. The molecular formula is C58H38N2S. The van der Waals surface area contributed by atoms with Crippen molar-refractivity contribution < 1.29 is 0 Å². The van der Waals surface area contributed by atoms with Crippen molar-refractivity contribution in [2.45, 2.75) is 0 Å². The summed E-state index contributed by atoms with van der Waals surface area (Å²) in [7, 11) is 0. The predicted molar refractivity (Wildman–Crippen MR) is 262 cm³/mol. The smallest absolute Gasteiger partial charge is 0.0541 e. The lowest BCUT2D eigenvalue weighted by molar-refractivity contribution is 1.17. The lowest BCUT2D eigenvalue weighted by Crippen LogP contribution is -2.10. The Balaban J connectivity index is 0.935. The monoisotopic (exact) mass is 794 g/mol. The number of benzene rings is 10. The first-order chi connectivity index (χ1) is 30.2. The van der Waals surface area contributed by atoms with E-state index >= 15 is 0 Å². The predicted octanol–water partition coefficient (Wildman–Crippen LogP) is 16.8. The molecule has 3 heteroatoms. The molecule has 0 radical (unpaired) electrons. The van der Waals surface area contributed by atoms with Gasteiger partial charge in [-0.2, -0.15) is 0 Å². The summed E-state index contributed by atoms with van der Waals surface area (Å²) in [5.74, 6) is 0. The van der Waals surface area contributed by atoms with Crippen LogP contribution in [0, 0.1) is 0 Å². The van der Waals surface area contributed by atoms with Gasteiger partial charge in [0.05, 0.1) is 11.0 Å². The van der Waals surface area contributed by atoms with Crippen LogP contribution in [0.5, 0.6) is 0 Å². The van der Waals surface area contributed by atoms with Crippen LogP contribution in [0.25, 0.3) is 91.8 Å². The highest BCUT2D eigenvalue weighted by Crippen LogP contribution is 2.41. The maximum atomic E-state index is 2.39. The minimum absolute atomic E-state index is 1.09. The van der Waals surface area contributed by atoms with Gasteiger partial charge in [-0.25, -0.2) is 0 Å². The fraction of sp³-hybridized carbons (Fsp3) is 0. The number of para-hydroxylation sites is 2. The summed E-state index contributed by atoms with van der Waals surface area (Å²) < 4.78 is 5.03. The Bertz CT molecular complexity index is 3520. The van der Waals surface area contributed by atoms with Gasteiger partial charge in [0.2, 0.25) is 0 Å². The first-order valence-electron chi connectivity index (χ1n) is 20.8. The lowest BCUT2D eigenvalue weighted by Gasteiger charge is -2.26. The van der Waals surface area contributed by atoms with E-state index in [0.29, 0.717) is 0 Å². The van der Waals surface area contributed by atoms with Crippen molar-refractivity contribution in [1.29, 1.82) is 0 Å². The number of anilines is 3. The van der Waals surface area contributed by atoms with Crippen molar-refractivity contribution in [3.63, 3.8) is 0 Å². The second-order valence-corrected chi connectivity index (χ2v) is 16.8. The largest absolute Gasteiger partial charge is 0.310 e. The van der Waals surface area contributed by atoms with Crippen LogP contribution in [0.4, 0.5) is 17.1 Å². The maximum absolute atomic E-state index is 2.39. The van der Waals surface area contributed by atoms with Crippen LogP contribution in [0.2, 0.25) is 0 Å². The Morgan fingerprint density at radius 3 is 1.52 bits per heavy atom. The molecule has 0 N–H and O–H groups in total. The van der Waals surface area contributed by atoms with E-state index in [9.17, 15) is 0 Å². The Kier molecular flexibility index (Phi) is 8.39. The molecule has 0 bridgehead atoms. The molecule has 61 heavy (non-hydrogen) atoms. The van der Waals surface area contributed by atoms with Gasteiger partial charge in [0, 0.05) is 53.7 Å². The van der Waals surface area contributed by atoms with Gasteiger partial charge in [0.1, 0.15) is 0 Å². The van der Waals surface area contributed by atoms with Crippen molar-refractivity contribution >= 4 is 81.1 Å². The van der Waals surface area contributed by atoms with Gasteiger partial charge < -0.3 is 9.47 Å². The third-order valence-corrected chi connectivity index (χ3v) is 13.3. The molecule has 0 aliphatic carbocycles. The van der Waals surface area contributed by atoms with Crippen molar-refractivity contribution in [3.05, 3.63) is 231 Å². The molecule has 286 valence electrons. The SMILES string of the molecule is c1cc(N(c2ccc(-c3ccc(-c4cccc5ccccc45)cc3)cc2)c2ccc(-c3ccc4c(c3)sc3ccccc34)cc2)cc(-n2c3ccccc3c3ccccc32)c1. The van der Waals surface area contributed by atoms with Gasteiger partial charge in [-0.05, 0) is 111 Å². The molecule has 2 heterocycles. The van der Waals surface area contributed by atoms with Crippen LogP contribution in [-0.4, -0.2) is 4.57 Å². The second-order valence-electron chi connectivity index (χ2n) is 15.7. The summed E-state index contributed by atoms with van der Waals surface area (Å²) in [5.41, 5.74) is 14.1. The van der Waals surface area contributed by atoms with Gasteiger partial charge in [-0.15, -0.1) is 11.3 Å². The van der Waals surface area contributed by atoms with Crippen LogP contribution < -0.4 is 4.90 Å². The number of fused-ring (bicyclic) bond motifs is 7. The number of aromatic nitrogens is 1. The molecule has 0 saturated carbocycles. The quantitative estimate of drug-likeness (QED) is 0.156. The van der Waals surface area contributed by atoms with Crippen LogP contribution in [0.1, 0.15) is 0 Å². The van der Waals surface area contributed by atoms with E-state index < -0.39 is 0 Å². The van der Waals surface area contributed by atoms with Crippen molar-refractivity contribution in [2.75, 3.05) is 4.90 Å². The Labute approximate surface area is 358 Å². The van der Waals surface area contributed by atoms with Gasteiger partial charge in [0.25, 0.3) is 0 Å². The minimum Gasteiger partial charge on any atom is -0.310 e. The van der Waals surface area contributed by atoms with Crippen molar-refractivity contribution in [2.24, 2.45) is 0 Å². The maximum Gasteiger partial charge on any atom is 0.0541 e. The first-order valence-corrected chi connectivity index (χ1v) is 21.6. The zero-order valence-electron chi connectivity index (χ0n) is 33.2. The summed E-state index contributed by atoms with van der Waals surface area (Å²) in [6, 6.07) is 84.1. The molecule has 2 nitrogen and oxygen atoms in total. The summed E-state index contributed by atoms with van der Waals surface area (Å²) in [6.45, 7) is 0. The van der Waals surface area contributed by atoms with E-state index in [0.717, 1.165) is 22.7 Å². The van der Waals surface area contributed by atoms with Gasteiger partial charge in [-0.3, -0.25) is 0 Å². The van der Waals surface area contributed by atoms with Crippen LogP contribution in [0.3, 0.4) is 0 Å². The van der Waals surface area contributed by atoms with E-state index in [2.05, 4.69) is 240 Å². The molecule has 0 spiro atoms. The molecule has 12 aromatic rings. The van der Waals surface area contributed by atoms with E-state index in [1.165, 1.54) is 86.1 Å². The standard InChI is InChI=1S/C58H38N2S/c1-2-15-49-42(11-1)12-9-19-50(49)43-25-23-39(24-26-43)40-27-32-45(33-28-40)59(46-34-29-41(30-35-46)44-31-36-54-53-18-5-8-22-57(53)61-58(54)37-44)47-13-10-14-48(38-47)60-55-20-6-3-16-51(55)52-17-4-7-21-56(52)60/h1-38H. The Morgan fingerprint density at radius 1 is 0.311 bits per heavy atom. The number of thiophene rings is 1. The number of hydrogen-bond acceptors (Lipinski definition) is 2. The molecule has 0 atom stereocenters. The van der Waals surface area contributed by atoms with Crippen LogP contribution >= 0.6 is 11.3 Å². The van der Waals surface area contributed by atoms with E-state index in [4.69, 9.17) is 0 Å². The normalized spacial score (nSPS) is 11.6. The molecule has 2 aromatic heterocycles. The van der Waals surface area contributed by atoms with Crippen LogP contribution in [0.15, 0.2) is 231 Å². The Morgan fingerprint density at radius 2 is 0.820 bits per heavy atom. The third-order valence-electron chi connectivity index (χ3n) is 12.2. The lowest BCUT2D eigenvalue weighted by atomic mass is 9.96. The fourth-order valence-corrected chi connectivity index (χ4v) is 10.4. The number of hydrogen-bond donors (Lipinski definition) is 0. The van der Waals surface area contributed by atoms with Crippen molar-refractivity contribution in [1.82, 2.24) is 4.57 Å². The molecular weight excluding hydrogens is 757 g/mol. The van der Waals surface area contributed by atoms with E-state index in [-0.39, 0.29) is 0 Å². The van der Waals surface area contributed by atoms with Crippen LogP contribution in [-0.2, 0) is 0 Å². The molecule has 0 aliphatic rings. The minimum atomic E-state index is 1.09. The summed E-state index contributed by atoms with van der Waals surface area (Å²) in [4.78, 5) is 2.38. The summed E-state index contributed by atoms with van der Waals surface area (Å²) in [5, 5.41) is 7.69. The molecule has 10 aromatic carbocycles. The molecule has 0 amide bonds. The third kappa shape index (κ3) is 6.09. The molecule has 12 rings (SSSR count). The fourth-order valence-electron chi connectivity index (χ4n) is 9.25.